The first-order chi connectivity index (χ1) is 15.4. The predicted molar refractivity (Wildman–Crippen MR) is 139 cm³/mol. The summed E-state index contributed by atoms with van der Waals surface area (Å²) in [6, 6.07) is 0. The third-order valence-corrected chi connectivity index (χ3v) is 8.43. The molecule has 0 aliphatic heterocycles. The maximum Gasteiger partial charge on any atom is 0.326 e. The molecule has 0 bridgehead atoms. The first-order valence-corrected chi connectivity index (χ1v) is 14.3. The van der Waals surface area contributed by atoms with E-state index in [9.17, 15) is 13.8 Å². The van der Waals surface area contributed by atoms with Gasteiger partial charge in [-0.15, -0.1) is 11.3 Å². The number of esters is 1. The largest absolute Gasteiger partial charge is 0.465 e. The molecular weight excluding hydrogens is 548 g/mol. The number of nitrogens with zero attached hydrogens (tertiary/aromatic N) is 4. The van der Waals surface area contributed by atoms with Crippen molar-refractivity contribution in [3.05, 3.63) is 36.1 Å². The van der Waals surface area contributed by atoms with Gasteiger partial charge >= 0.3 is 5.97 Å². The number of aryl methyl sites for hydroxylation is 3. The summed E-state index contributed by atoms with van der Waals surface area (Å²) in [5, 5.41) is 1.33. The quantitative estimate of drug-likeness (QED) is 0.190. The predicted octanol–water partition coefficient (Wildman–Crippen LogP) is 4.25. The molecule has 8 nitrogen and oxygen atoms in total. The Morgan fingerprint density at radius 2 is 1.97 bits per heavy atom. The fourth-order valence-corrected chi connectivity index (χ4v) is 5.55. The molecule has 0 N–H and O–H groups in total. The van der Waals surface area contributed by atoms with Gasteiger partial charge in [-0.3, -0.25) is 14.2 Å². The molecule has 182 valence electrons. The minimum Gasteiger partial charge on any atom is -0.465 e. The van der Waals surface area contributed by atoms with Gasteiger partial charge in [-0.1, -0.05) is 11.8 Å². The molecule has 0 amide bonds. The Hall–Kier alpha value is -1.37. The van der Waals surface area contributed by atoms with Crippen LogP contribution in [0.25, 0.3) is 0 Å². The zero-order valence-electron chi connectivity index (χ0n) is 19.9. The third-order valence-electron chi connectivity index (χ3n) is 4.40. The second-order valence-electron chi connectivity index (χ2n) is 8.10. The molecule has 33 heavy (non-hydrogen) atoms. The van der Waals surface area contributed by atoms with Gasteiger partial charge in [0.05, 0.1) is 38.3 Å². The Kier molecular flexibility index (Phi) is 10.0. The number of rotatable bonds is 9. The van der Waals surface area contributed by atoms with Crippen LogP contribution in [0.3, 0.4) is 0 Å². The van der Waals surface area contributed by atoms with Crippen molar-refractivity contribution in [2.75, 3.05) is 12.9 Å². The number of ether oxygens (including phenoxy) is 1. The summed E-state index contributed by atoms with van der Waals surface area (Å²) >= 11 is 6.15. The van der Waals surface area contributed by atoms with Gasteiger partial charge in [0.2, 0.25) is 0 Å². The number of carbonyl (C=O) groups is 1. The summed E-state index contributed by atoms with van der Waals surface area (Å²) in [5.74, 6) is -0.494. The summed E-state index contributed by atoms with van der Waals surface area (Å²) in [4.78, 5) is 34.9. The van der Waals surface area contributed by atoms with Crippen LogP contribution in [-0.4, -0.2) is 48.0 Å². The zero-order valence-corrected chi connectivity index (χ0v) is 23.9. The van der Waals surface area contributed by atoms with Crippen molar-refractivity contribution in [1.82, 2.24) is 14.5 Å². The molecule has 0 aliphatic rings. The molecule has 0 radical (unpaired) electrons. The topological polar surface area (TPSA) is 104 Å². The van der Waals surface area contributed by atoms with Crippen molar-refractivity contribution in [2.45, 2.75) is 70.8 Å². The fourth-order valence-electron chi connectivity index (χ4n) is 2.82. The average molecular weight is 578 g/mol. The fraction of sp³-hybridized carbons (Fsp3) is 0.571. The maximum absolute atomic E-state index is 13.0. The first-order valence-electron chi connectivity index (χ1n) is 10.3. The second kappa shape index (κ2) is 11.9. The van der Waals surface area contributed by atoms with E-state index in [-0.39, 0.29) is 23.2 Å². The number of aromatic nitrogens is 3. The molecule has 0 aromatic carbocycles. The Labute approximate surface area is 213 Å². The molecule has 0 spiro atoms. The molecule has 0 saturated carbocycles. The lowest BCUT2D eigenvalue weighted by atomic mass is 10.1. The minimum atomic E-state index is -1.44. The van der Waals surface area contributed by atoms with E-state index in [0.717, 1.165) is 15.6 Å². The van der Waals surface area contributed by atoms with Gasteiger partial charge in [-0.05, 0) is 76.6 Å². The van der Waals surface area contributed by atoms with Gasteiger partial charge in [0.25, 0.3) is 5.56 Å². The van der Waals surface area contributed by atoms with Gasteiger partial charge in [-0.25, -0.2) is 14.2 Å². The number of carbonyl (C=O) groups excluding carboxylic acids is 1. The Bertz CT molecular complexity index is 1140. The van der Waals surface area contributed by atoms with Gasteiger partial charge in [0.15, 0.2) is 5.16 Å². The highest BCUT2D eigenvalue weighted by molar-refractivity contribution is 9.10. The molecule has 12 heteroatoms. The van der Waals surface area contributed by atoms with Gasteiger partial charge in [0, 0.05) is 0 Å². The second-order valence-corrected chi connectivity index (χ2v) is 12.8. The highest BCUT2D eigenvalue weighted by atomic mass is 79.9. The van der Waals surface area contributed by atoms with E-state index in [1.807, 2.05) is 34.6 Å². The molecule has 1 atom stereocenters. The number of hydrogen-bond donors (Lipinski definition) is 0. The van der Waals surface area contributed by atoms with Crippen molar-refractivity contribution in [3.63, 3.8) is 0 Å². The van der Waals surface area contributed by atoms with Crippen molar-refractivity contribution in [3.8, 4) is 0 Å². The van der Waals surface area contributed by atoms with E-state index in [1.165, 1.54) is 27.7 Å². The van der Waals surface area contributed by atoms with Gasteiger partial charge in [-0.2, -0.15) is 4.40 Å². The van der Waals surface area contributed by atoms with Crippen LogP contribution < -0.4 is 5.56 Å². The lowest BCUT2D eigenvalue weighted by molar-refractivity contribution is -0.144. The lowest BCUT2D eigenvalue weighted by Gasteiger charge is -2.16. The molecule has 0 saturated heterocycles. The normalized spacial score (nSPS) is 13.3. The van der Waals surface area contributed by atoms with Crippen LogP contribution in [0.5, 0.6) is 0 Å². The molecule has 2 rings (SSSR count). The van der Waals surface area contributed by atoms with E-state index in [1.54, 1.807) is 13.2 Å². The highest BCUT2D eigenvalue weighted by Crippen LogP contribution is 2.24. The molecular formula is C21H29BrN4O4S3. The smallest absolute Gasteiger partial charge is 0.326 e. The van der Waals surface area contributed by atoms with Gasteiger partial charge in [0.1, 0.15) is 22.0 Å². The summed E-state index contributed by atoms with van der Waals surface area (Å²) in [5.41, 5.74) is 1.72. The van der Waals surface area contributed by atoms with Crippen LogP contribution in [0.15, 0.2) is 18.8 Å². The molecule has 2 aromatic heterocycles. The van der Waals surface area contributed by atoms with E-state index in [0.29, 0.717) is 29.4 Å². The maximum atomic E-state index is 13.0. The van der Waals surface area contributed by atoms with Crippen molar-refractivity contribution in [1.29, 1.82) is 0 Å². The molecule has 2 heterocycles. The number of thiazole rings is 1. The highest BCUT2D eigenvalue weighted by Gasteiger charge is 2.23. The van der Waals surface area contributed by atoms with E-state index in [4.69, 9.17) is 4.74 Å². The number of halogens is 1. The number of hydrogen-bond acceptors (Lipinski definition) is 8. The monoisotopic (exact) mass is 576 g/mol. The van der Waals surface area contributed by atoms with Crippen LogP contribution in [0, 0.1) is 13.8 Å². The summed E-state index contributed by atoms with van der Waals surface area (Å²) in [7, 11) is -1.44. The van der Waals surface area contributed by atoms with E-state index < -0.39 is 21.7 Å². The molecule has 0 fully saturated rings. The summed E-state index contributed by atoms with van der Waals surface area (Å²) in [6.45, 7) is 11.2. The van der Waals surface area contributed by atoms with Crippen molar-refractivity contribution >= 4 is 61.7 Å². The molecule has 0 aliphatic carbocycles. The van der Waals surface area contributed by atoms with Crippen LogP contribution in [0.4, 0.5) is 0 Å². The van der Waals surface area contributed by atoms with E-state index >= 15 is 0 Å². The van der Waals surface area contributed by atoms with Crippen LogP contribution in [0.2, 0.25) is 0 Å². The zero-order chi connectivity index (χ0) is 24.9. The Morgan fingerprint density at radius 3 is 2.48 bits per heavy atom. The van der Waals surface area contributed by atoms with Crippen LogP contribution in [-0.2, 0) is 33.5 Å². The molecule has 1 unspecified atom stereocenters. The Balaban J connectivity index is 2.43. The SMILES string of the molecule is CCOC(=O)Cn1c(SC)nc(CC/C(=N/S(=O)C(C)(C)C)c2sc(C)nc2C)c(Br)c1=O. The van der Waals surface area contributed by atoms with E-state index in [2.05, 4.69) is 30.3 Å². The van der Waals surface area contributed by atoms with Crippen molar-refractivity contribution in [2.24, 2.45) is 4.40 Å². The molecule has 2 aromatic rings. The first kappa shape index (κ1) is 27.9. The standard InChI is InChI=1S/C21H29BrN4O4S3/c1-8-30-16(27)11-26-19(28)17(22)14(24-20(26)31-7)9-10-15(25-33(29)21(4,5)6)18-12(2)23-13(3)32-18/h8-11H2,1-7H3/b25-15-. The lowest BCUT2D eigenvalue weighted by Crippen LogP contribution is -2.29. The minimum absolute atomic E-state index is 0.203. The van der Waals surface area contributed by atoms with Crippen LogP contribution in [0.1, 0.15) is 55.4 Å². The third kappa shape index (κ3) is 7.30. The van der Waals surface area contributed by atoms with Crippen molar-refractivity contribution < 1.29 is 13.7 Å². The van der Waals surface area contributed by atoms with Gasteiger partial charge < -0.3 is 4.74 Å². The summed E-state index contributed by atoms with van der Waals surface area (Å²) < 4.78 is 23.4. The summed E-state index contributed by atoms with van der Waals surface area (Å²) in [6.07, 6.45) is 2.63. The average Bonchev–Trinajstić information content (AvgIpc) is 3.07. The number of thioether (sulfide) groups is 1. The Morgan fingerprint density at radius 1 is 1.30 bits per heavy atom. The van der Waals surface area contributed by atoms with Crippen LogP contribution >= 0.6 is 39.0 Å².